The number of sulfonamides is 1. The second-order valence-corrected chi connectivity index (χ2v) is 5.34. The first-order valence-corrected chi connectivity index (χ1v) is 6.43. The molecule has 1 heterocycles. The van der Waals surface area contributed by atoms with Crippen molar-refractivity contribution in [2.24, 2.45) is 0 Å². The molecule has 0 radical (unpaired) electrons. The van der Waals surface area contributed by atoms with E-state index in [2.05, 4.69) is 0 Å². The van der Waals surface area contributed by atoms with E-state index < -0.39 is 10.0 Å². The number of hydrogen-bond acceptors (Lipinski definition) is 3. The third-order valence-corrected chi connectivity index (χ3v) is 4.19. The summed E-state index contributed by atoms with van der Waals surface area (Å²) in [4.78, 5) is 0. The van der Waals surface area contributed by atoms with Crippen molar-refractivity contribution in [3.8, 4) is 0 Å². The predicted octanol–water partition coefficient (Wildman–Crippen LogP) is 0.277. The SMILES string of the molecule is O=S(=O)(CCCl)N1CCCOCC1. The van der Waals surface area contributed by atoms with Gasteiger partial charge in [-0.3, -0.25) is 0 Å². The van der Waals surface area contributed by atoms with Crippen molar-refractivity contribution in [2.75, 3.05) is 37.9 Å². The maximum Gasteiger partial charge on any atom is 0.215 e. The van der Waals surface area contributed by atoms with Crippen LogP contribution < -0.4 is 0 Å². The van der Waals surface area contributed by atoms with Gasteiger partial charge in [0.2, 0.25) is 10.0 Å². The third-order valence-electron chi connectivity index (χ3n) is 1.91. The van der Waals surface area contributed by atoms with E-state index in [4.69, 9.17) is 16.3 Å². The molecule has 1 aliphatic rings. The predicted molar refractivity (Wildman–Crippen MR) is 51.5 cm³/mol. The lowest BCUT2D eigenvalue weighted by Crippen LogP contribution is -2.35. The zero-order valence-corrected chi connectivity index (χ0v) is 8.98. The molecule has 6 heteroatoms. The summed E-state index contributed by atoms with van der Waals surface area (Å²) in [6.45, 7) is 2.15. The zero-order chi connectivity index (χ0) is 9.73. The van der Waals surface area contributed by atoms with Crippen LogP contribution in [0.2, 0.25) is 0 Å². The average molecular weight is 228 g/mol. The fourth-order valence-corrected chi connectivity index (χ4v) is 3.03. The van der Waals surface area contributed by atoms with Crippen LogP contribution in [0.5, 0.6) is 0 Å². The molecule has 1 fully saturated rings. The van der Waals surface area contributed by atoms with Crippen LogP contribution in [0.4, 0.5) is 0 Å². The van der Waals surface area contributed by atoms with Crippen molar-refractivity contribution in [3.05, 3.63) is 0 Å². The van der Waals surface area contributed by atoms with Crippen molar-refractivity contribution in [2.45, 2.75) is 6.42 Å². The molecule has 0 atom stereocenters. The topological polar surface area (TPSA) is 46.6 Å². The molecule has 0 aliphatic carbocycles. The summed E-state index contributed by atoms with van der Waals surface area (Å²) in [5.74, 6) is 0.175. The van der Waals surface area contributed by atoms with Gasteiger partial charge in [0.15, 0.2) is 0 Å². The van der Waals surface area contributed by atoms with E-state index >= 15 is 0 Å². The van der Waals surface area contributed by atoms with Crippen molar-refractivity contribution in [1.29, 1.82) is 0 Å². The maximum atomic E-state index is 11.5. The monoisotopic (exact) mass is 227 g/mol. The van der Waals surface area contributed by atoms with E-state index in [1.165, 1.54) is 4.31 Å². The van der Waals surface area contributed by atoms with E-state index in [0.717, 1.165) is 6.42 Å². The third kappa shape index (κ3) is 3.42. The van der Waals surface area contributed by atoms with E-state index in [9.17, 15) is 8.42 Å². The molecule has 1 rings (SSSR count). The molecule has 4 nitrogen and oxygen atoms in total. The maximum absolute atomic E-state index is 11.5. The molecule has 0 spiro atoms. The van der Waals surface area contributed by atoms with Crippen LogP contribution in [-0.2, 0) is 14.8 Å². The molecule has 0 amide bonds. The highest BCUT2D eigenvalue weighted by Crippen LogP contribution is 2.06. The number of halogens is 1. The minimum Gasteiger partial charge on any atom is -0.380 e. The molecule has 0 bridgehead atoms. The van der Waals surface area contributed by atoms with Gasteiger partial charge < -0.3 is 4.74 Å². The highest BCUT2D eigenvalue weighted by atomic mass is 35.5. The first kappa shape index (κ1) is 11.2. The Balaban J connectivity index is 2.57. The van der Waals surface area contributed by atoms with Crippen molar-refractivity contribution >= 4 is 21.6 Å². The van der Waals surface area contributed by atoms with E-state index in [-0.39, 0.29) is 11.6 Å². The van der Waals surface area contributed by atoms with Gasteiger partial charge in [0, 0.05) is 25.6 Å². The number of nitrogens with zero attached hydrogens (tertiary/aromatic N) is 1. The van der Waals surface area contributed by atoms with Gasteiger partial charge in [-0.15, -0.1) is 11.6 Å². The minimum absolute atomic E-state index is 0.0224. The van der Waals surface area contributed by atoms with Crippen LogP contribution in [0, 0.1) is 0 Å². The highest BCUT2D eigenvalue weighted by molar-refractivity contribution is 7.89. The number of hydrogen-bond donors (Lipinski definition) is 0. The molecule has 0 aromatic heterocycles. The van der Waals surface area contributed by atoms with Crippen LogP contribution in [0.25, 0.3) is 0 Å². The van der Waals surface area contributed by atoms with Crippen molar-refractivity contribution in [1.82, 2.24) is 4.31 Å². The largest absolute Gasteiger partial charge is 0.380 e. The van der Waals surface area contributed by atoms with E-state index in [0.29, 0.717) is 26.3 Å². The molecule has 0 N–H and O–H groups in total. The van der Waals surface area contributed by atoms with Crippen LogP contribution in [0.3, 0.4) is 0 Å². The molecule has 0 aromatic rings. The van der Waals surface area contributed by atoms with Gasteiger partial charge in [0.05, 0.1) is 12.4 Å². The highest BCUT2D eigenvalue weighted by Gasteiger charge is 2.22. The van der Waals surface area contributed by atoms with Gasteiger partial charge in [-0.25, -0.2) is 8.42 Å². The van der Waals surface area contributed by atoms with Crippen LogP contribution in [0.1, 0.15) is 6.42 Å². The van der Waals surface area contributed by atoms with Gasteiger partial charge in [-0.2, -0.15) is 4.31 Å². The Bertz CT molecular complexity index is 234. The fraction of sp³-hybridized carbons (Fsp3) is 1.00. The fourth-order valence-electron chi connectivity index (χ4n) is 1.23. The summed E-state index contributed by atoms with van der Waals surface area (Å²) in [5, 5.41) is 0. The molecule has 0 unspecified atom stereocenters. The lowest BCUT2D eigenvalue weighted by Gasteiger charge is -2.18. The number of alkyl halides is 1. The first-order valence-electron chi connectivity index (χ1n) is 4.28. The lowest BCUT2D eigenvalue weighted by molar-refractivity contribution is 0.148. The Hall–Kier alpha value is 0.160. The molecule has 0 saturated carbocycles. The second kappa shape index (κ2) is 5.14. The Kier molecular flexibility index (Phi) is 4.45. The van der Waals surface area contributed by atoms with Gasteiger partial charge in [-0.1, -0.05) is 0 Å². The van der Waals surface area contributed by atoms with Crippen LogP contribution >= 0.6 is 11.6 Å². The first-order chi connectivity index (χ1) is 6.17. The van der Waals surface area contributed by atoms with E-state index in [1.54, 1.807) is 0 Å². The lowest BCUT2D eigenvalue weighted by atomic mass is 10.5. The summed E-state index contributed by atoms with van der Waals surface area (Å²) in [7, 11) is -3.14. The number of ether oxygens (including phenoxy) is 1. The minimum atomic E-state index is -3.14. The molecule has 0 aromatic carbocycles. The molecule has 13 heavy (non-hydrogen) atoms. The van der Waals surface area contributed by atoms with Gasteiger partial charge in [0.25, 0.3) is 0 Å². The van der Waals surface area contributed by atoms with E-state index in [1.807, 2.05) is 0 Å². The quantitative estimate of drug-likeness (QED) is 0.651. The second-order valence-electron chi connectivity index (χ2n) is 2.87. The van der Waals surface area contributed by atoms with Crippen LogP contribution in [-0.4, -0.2) is 50.7 Å². The van der Waals surface area contributed by atoms with Crippen LogP contribution in [0.15, 0.2) is 0 Å². The Morgan fingerprint density at radius 2 is 2.08 bits per heavy atom. The average Bonchev–Trinajstić information content (AvgIpc) is 2.31. The molecular weight excluding hydrogens is 214 g/mol. The smallest absolute Gasteiger partial charge is 0.215 e. The Labute approximate surface area is 83.9 Å². The summed E-state index contributed by atoms with van der Waals surface area (Å²) >= 11 is 5.41. The van der Waals surface area contributed by atoms with Gasteiger partial charge >= 0.3 is 0 Å². The summed E-state index contributed by atoms with van der Waals surface area (Å²) in [6.07, 6.45) is 0.765. The van der Waals surface area contributed by atoms with Crippen molar-refractivity contribution < 1.29 is 13.2 Å². The summed E-state index contributed by atoms with van der Waals surface area (Å²) < 4.78 is 29.7. The van der Waals surface area contributed by atoms with Gasteiger partial charge in [0.1, 0.15) is 0 Å². The summed E-state index contributed by atoms with van der Waals surface area (Å²) in [6, 6.07) is 0. The Morgan fingerprint density at radius 1 is 1.31 bits per heavy atom. The standard InChI is InChI=1S/C7H14ClNO3S/c8-2-7-13(10,11)9-3-1-5-12-6-4-9/h1-7H2. The number of rotatable bonds is 3. The molecule has 78 valence electrons. The molecular formula is C7H14ClNO3S. The molecule has 1 aliphatic heterocycles. The molecule has 1 saturated heterocycles. The van der Waals surface area contributed by atoms with Crippen molar-refractivity contribution in [3.63, 3.8) is 0 Å². The summed E-state index contributed by atoms with van der Waals surface area (Å²) in [5.41, 5.74) is 0. The van der Waals surface area contributed by atoms with Gasteiger partial charge in [-0.05, 0) is 6.42 Å². The Morgan fingerprint density at radius 3 is 2.77 bits per heavy atom. The normalized spacial score (nSPS) is 21.3. The zero-order valence-electron chi connectivity index (χ0n) is 7.41.